The van der Waals surface area contributed by atoms with Gasteiger partial charge in [0.05, 0.1) is 12.6 Å². The molecule has 2 aromatic carbocycles. The lowest BCUT2D eigenvalue weighted by molar-refractivity contribution is 0.267. The van der Waals surface area contributed by atoms with E-state index in [9.17, 15) is 0 Å². The fraction of sp³-hybridized carbons (Fsp3) is 0.294. The van der Waals surface area contributed by atoms with Gasteiger partial charge in [0.15, 0.2) is 0 Å². The molecule has 0 aliphatic carbocycles. The van der Waals surface area contributed by atoms with E-state index in [2.05, 4.69) is 23.5 Å². The number of ether oxygens (including phenoxy) is 2. The van der Waals surface area contributed by atoms with Gasteiger partial charge in [-0.15, -0.1) is 0 Å². The van der Waals surface area contributed by atoms with Crippen LogP contribution in [0, 0.1) is 0 Å². The first-order chi connectivity index (χ1) is 9.88. The van der Waals surface area contributed by atoms with E-state index in [1.54, 1.807) is 0 Å². The van der Waals surface area contributed by atoms with Gasteiger partial charge in [0, 0.05) is 12.0 Å². The third-order valence-electron chi connectivity index (χ3n) is 3.63. The maximum absolute atomic E-state index is 5.86. The smallest absolute Gasteiger partial charge is 0.127 e. The molecular weight excluding hydrogens is 250 g/mol. The summed E-state index contributed by atoms with van der Waals surface area (Å²) in [6, 6.07) is 16.4. The van der Waals surface area contributed by atoms with E-state index in [4.69, 9.17) is 9.47 Å². The van der Waals surface area contributed by atoms with Gasteiger partial charge >= 0.3 is 0 Å². The van der Waals surface area contributed by atoms with Crippen molar-refractivity contribution in [2.24, 2.45) is 0 Å². The Bertz CT molecular complexity index is 568. The van der Waals surface area contributed by atoms with Gasteiger partial charge < -0.3 is 14.8 Å². The van der Waals surface area contributed by atoms with Crippen LogP contribution in [0.1, 0.15) is 17.2 Å². The van der Waals surface area contributed by atoms with Crippen LogP contribution in [-0.2, 0) is 6.42 Å². The van der Waals surface area contributed by atoms with Crippen molar-refractivity contribution in [3.63, 3.8) is 0 Å². The van der Waals surface area contributed by atoms with Crippen molar-refractivity contribution >= 4 is 0 Å². The second-order valence-corrected chi connectivity index (χ2v) is 4.90. The van der Waals surface area contributed by atoms with Crippen LogP contribution < -0.4 is 14.8 Å². The number of likely N-dealkylation sites (N-methyl/N-ethyl adjacent to an activating group) is 1. The Morgan fingerprint density at radius 3 is 2.80 bits per heavy atom. The van der Waals surface area contributed by atoms with Crippen molar-refractivity contribution in [2.75, 3.05) is 20.3 Å². The van der Waals surface area contributed by atoms with Crippen molar-refractivity contribution in [3.8, 4) is 11.5 Å². The molecule has 3 nitrogen and oxygen atoms in total. The number of nitrogens with one attached hydrogen (secondary N) is 1. The molecule has 2 aromatic rings. The summed E-state index contributed by atoms with van der Waals surface area (Å²) >= 11 is 0. The molecule has 0 saturated heterocycles. The van der Waals surface area contributed by atoms with E-state index in [1.807, 2.05) is 37.4 Å². The van der Waals surface area contributed by atoms with Gasteiger partial charge in [0.25, 0.3) is 0 Å². The minimum absolute atomic E-state index is 0.128. The van der Waals surface area contributed by atoms with Gasteiger partial charge in [-0.05, 0) is 24.7 Å². The molecule has 1 heterocycles. The summed E-state index contributed by atoms with van der Waals surface area (Å²) in [7, 11) is 1.95. The van der Waals surface area contributed by atoms with E-state index in [0.29, 0.717) is 6.61 Å². The average molecular weight is 269 g/mol. The quantitative estimate of drug-likeness (QED) is 0.905. The Labute approximate surface area is 119 Å². The fourth-order valence-corrected chi connectivity index (χ4v) is 2.54. The minimum Gasteiger partial charge on any atom is -0.493 e. The topological polar surface area (TPSA) is 30.5 Å². The summed E-state index contributed by atoms with van der Waals surface area (Å²) in [5, 5.41) is 3.31. The number of rotatable bonds is 5. The van der Waals surface area contributed by atoms with Crippen LogP contribution in [0.15, 0.2) is 48.5 Å². The van der Waals surface area contributed by atoms with E-state index in [1.165, 1.54) is 11.1 Å². The third-order valence-corrected chi connectivity index (χ3v) is 3.63. The number of hydrogen-bond acceptors (Lipinski definition) is 3. The van der Waals surface area contributed by atoms with Crippen LogP contribution in [0.5, 0.6) is 11.5 Å². The molecule has 0 aromatic heterocycles. The van der Waals surface area contributed by atoms with Crippen LogP contribution in [0.25, 0.3) is 0 Å². The Balaban J connectivity index is 1.75. The Morgan fingerprint density at radius 1 is 1.15 bits per heavy atom. The van der Waals surface area contributed by atoms with Crippen LogP contribution in [0.2, 0.25) is 0 Å². The molecule has 0 saturated carbocycles. The van der Waals surface area contributed by atoms with E-state index >= 15 is 0 Å². The van der Waals surface area contributed by atoms with E-state index in [-0.39, 0.29) is 6.04 Å². The number of fused-ring (bicyclic) bond motifs is 1. The van der Waals surface area contributed by atoms with Crippen molar-refractivity contribution in [1.29, 1.82) is 0 Å². The fourth-order valence-electron chi connectivity index (χ4n) is 2.54. The second kappa shape index (κ2) is 5.97. The second-order valence-electron chi connectivity index (χ2n) is 4.90. The minimum atomic E-state index is 0.128. The van der Waals surface area contributed by atoms with Gasteiger partial charge in [0.1, 0.15) is 18.1 Å². The molecule has 3 rings (SSSR count). The van der Waals surface area contributed by atoms with Gasteiger partial charge in [-0.2, -0.15) is 0 Å². The van der Waals surface area contributed by atoms with E-state index in [0.717, 1.165) is 24.5 Å². The number of benzene rings is 2. The molecule has 0 bridgehead atoms. The van der Waals surface area contributed by atoms with E-state index < -0.39 is 0 Å². The Morgan fingerprint density at radius 2 is 2.00 bits per heavy atom. The Hall–Kier alpha value is -2.00. The maximum atomic E-state index is 5.86. The summed E-state index contributed by atoms with van der Waals surface area (Å²) < 4.78 is 11.6. The summed E-state index contributed by atoms with van der Waals surface area (Å²) in [5.74, 6) is 1.92. The SMILES string of the molecule is CNC(COc1ccccc1)c1cccc2c1OCC2. The molecule has 1 aliphatic rings. The van der Waals surface area contributed by atoms with Gasteiger partial charge in [0.2, 0.25) is 0 Å². The summed E-state index contributed by atoms with van der Waals surface area (Å²) in [5.41, 5.74) is 2.47. The first-order valence-electron chi connectivity index (χ1n) is 6.98. The first-order valence-corrected chi connectivity index (χ1v) is 6.98. The lowest BCUT2D eigenvalue weighted by Crippen LogP contribution is -2.23. The van der Waals surface area contributed by atoms with Crippen molar-refractivity contribution in [3.05, 3.63) is 59.7 Å². The number of hydrogen-bond donors (Lipinski definition) is 1. The highest BCUT2D eigenvalue weighted by Crippen LogP contribution is 2.33. The normalized spacial score (nSPS) is 14.4. The van der Waals surface area contributed by atoms with Gasteiger partial charge in [-0.3, -0.25) is 0 Å². The molecule has 0 amide bonds. The van der Waals surface area contributed by atoms with Crippen LogP contribution in [0.3, 0.4) is 0 Å². The lowest BCUT2D eigenvalue weighted by Gasteiger charge is -2.19. The predicted molar refractivity (Wildman–Crippen MR) is 79.4 cm³/mol. The molecule has 104 valence electrons. The van der Waals surface area contributed by atoms with Gasteiger partial charge in [-0.25, -0.2) is 0 Å². The zero-order chi connectivity index (χ0) is 13.8. The highest BCUT2D eigenvalue weighted by atomic mass is 16.5. The largest absolute Gasteiger partial charge is 0.493 e. The summed E-state index contributed by atoms with van der Waals surface area (Å²) in [6.07, 6.45) is 0.999. The maximum Gasteiger partial charge on any atom is 0.127 e. The monoisotopic (exact) mass is 269 g/mol. The summed E-state index contributed by atoms with van der Waals surface area (Å²) in [4.78, 5) is 0. The lowest BCUT2D eigenvalue weighted by atomic mass is 10.0. The van der Waals surface area contributed by atoms with Crippen molar-refractivity contribution < 1.29 is 9.47 Å². The van der Waals surface area contributed by atoms with Crippen LogP contribution >= 0.6 is 0 Å². The van der Waals surface area contributed by atoms with Gasteiger partial charge in [-0.1, -0.05) is 36.4 Å². The van der Waals surface area contributed by atoms with Crippen LogP contribution in [-0.4, -0.2) is 20.3 Å². The molecule has 1 N–H and O–H groups in total. The molecule has 1 atom stereocenters. The molecule has 1 unspecified atom stereocenters. The molecule has 0 radical (unpaired) electrons. The summed E-state index contributed by atoms with van der Waals surface area (Å²) in [6.45, 7) is 1.36. The molecule has 20 heavy (non-hydrogen) atoms. The molecular formula is C17H19NO2. The molecule has 1 aliphatic heterocycles. The Kier molecular flexibility index (Phi) is 3.88. The molecule has 0 spiro atoms. The van der Waals surface area contributed by atoms with Crippen molar-refractivity contribution in [2.45, 2.75) is 12.5 Å². The molecule has 3 heteroatoms. The first kappa shape index (κ1) is 13.0. The standard InChI is InChI=1S/C17H19NO2/c1-18-16(12-20-14-7-3-2-4-8-14)15-9-5-6-13-10-11-19-17(13)15/h2-9,16,18H,10-12H2,1H3. The zero-order valence-corrected chi connectivity index (χ0v) is 11.6. The number of para-hydroxylation sites is 2. The third kappa shape index (κ3) is 2.63. The highest BCUT2D eigenvalue weighted by Gasteiger charge is 2.21. The van der Waals surface area contributed by atoms with Crippen LogP contribution in [0.4, 0.5) is 0 Å². The highest BCUT2D eigenvalue weighted by molar-refractivity contribution is 5.45. The molecule has 0 fully saturated rings. The predicted octanol–water partition coefficient (Wildman–Crippen LogP) is 2.96. The van der Waals surface area contributed by atoms with Crippen molar-refractivity contribution in [1.82, 2.24) is 5.32 Å². The zero-order valence-electron chi connectivity index (χ0n) is 11.6. The average Bonchev–Trinajstić information content (AvgIpc) is 2.98.